The van der Waals surface area contributed by atoms with Crippen molar-refractivity contribution < 1.29 is 29.0 Å². The fourth-order valence-corrected chi connectivity index (χ4v) is 3.50. The van der Waals surface area contributed by atoms with Crippen LogP contribution in [-0.4, -0.2) is 53.1 Å². The predicted octanol–water partition coefficient (Wildman–Crippen LogP) is 0.0961. The maximum atomic E-state index is 12.3. The van der Waals surface area contributed by atoms with Gasteiger partial charge >= 0.3 is 0 Å². The van der Waals surface area contributed by atoms with Crippen LogP contribution >= 0.6 is 0 Å². The number of ketones is 1. The summed E-state index contributed by atoms with van der Waals surface area (Å²) in [6.45, 7) is 0.430. The van der Waals surface area contributed by atoms with Crippen LogP contribution in [-0.2, 0) is 30.5 Å². The quantitative estimate of drug-likeness (QED) is 0.229. The molecule has 2 unspecified atom stereocenters. The van der Waals surface area contributed by atoms with Crippen LogP contribution in [0.3, 0.4) is 0 Å². The predicted molar refractivity (Wildman–Crippen MR) is 94.0 cm³/mol. The van der Waals surface area contributed by atoms with Gasteiger partial charge in [0.2, 0.25) is 17.6 Å². The monoisotopic (exact) mass is 372 g/mol. The third-order valence-electron chi connectivity index (χ3n) is 4.71. The molecule has 2 N–H and O–H groups in total. The number of Topliss-reactive ketones (excluding diaryl/α,β-unsaturated/α-hetero) is 1. The number of aliphatic hydroxyl groups excluding tert-OH is 1. The summed E-state index contributed by atoms with van der Waals surface area (Å²) in [6.07, 6.45) is 3.91. The minimum atomic E-state index is -0.854. The van der Waals surface area contributed by atoms with Crippen LogP contribution in [0.2, 0.25) is 0 Å². The Morgan fingerprint density at radius 2 is 2.19 bits per heavy atom. The fraction of sp³-hybridized carbons (Fsp3) is 0.368. The van der Waals surface area contributed by atoms with Crippen molar-refractivity contribution in [1.82, 2.24) is 10.2 Å². The summed E-state index contributed by atoms with van der Waals surface area (Å²) >= 11 is 0. The van der Waals surface area contributed by atoms with Gasteiger partial charge < -0.3 is 9.84 Å². The van der Waals surface area contributed by atoms with Crippen molar-refractivity contribution >= 4 is 30.0 Å². The van der Waals surface area contributed by atoms with Crippen molar-refractivity contribution in [3.8, 4) is 0 Å². The second-order valence-electron chi connectivity index (χ2n) is 6.42. The topological polar surface area (TPSA) is 113 Å². The highest BCUT2D eigenvalue weighted by atomic mass is 16.5. The largest absolute Gasteiger partial charge is 0.499 e. The van der Waals surface area contributed by atoms with E-state index in [1.165, 1.54) is 6.26 Å². The molecule has 2 aliphatic rings. The number of amides is 2. The summed E-state index contributed by atoms with van der Waals surface area (Å²) in [6, 6.07) is 3.97. The molecule has 0 aromatic heterocycles. The molecule has 1 saturated heterocycles. The molecular weight excluding hydrogens is 352 g/mol. The van der Waals surface area contributed by atoms with Crippen LogP contribution in [0.5, 0.6) is 0 Å². The van der Waals surface area contributed by atoms with Gasteiger partial charge in [0.05, 0.1) is 18.9 Å². The number of benzene rings is 1. The van der Waals surface area contributed by atoms with E-state index in [1.807, 2.05) is 12.1 Å². The second kappa shape index (κ2) is 8.24. The Kier molecular flexibility index (Phi) is 5.78. The molecule has 0 saturated carbocycles. The molecule has 8 heteroatoms. The average molecular weight is 372 g/mol. The van der Waals surface area contributed by atoms with Crippen molar-refractivity contribution in [1.29, 1.82) is 0 Å². The van der Waals surface area contributed by atoms with Gasteiger partial charge in [0.25, 0.3) is 0 Å². The van der Waals surface area contributed by atoms with Crippen LogP contribution in [0.4, 0.5) is 0 Å². The van der Waals surface area contributed by atoms with Gasteiger partial charge in [-0.15, -0.1) is 0 Å². The van der Waals surface area contributed by atoms with Crippen LogP contribution in [0, 0.1) is 0 Å². The second-order valence-corrected chi connectivity index (χ2v) is 6.42. The molecular formula is C19H20N2O6. The summed E-state index contributed by atoms with van der Waals surface area (Å²) < 4.78 is 5.09. The molecule has 2 atom stereocenters. The minimum absolute atomic E-state index is 0.0919. The number of rotatable bonds is 7. The van der Waals surface area contributed by atoms with Crippen molar-refractivity contribution in [2.45, 2.75) is 31.5 Å². The Bertz CT molecular complexity index is 803. The van der Waals surface area contributed by atoms with Crippen molar-refractivity contribution in [2.75, 3.05) is 13.2 Å². The maximum Gasteiger partial charge on any atom is 0.243 e. The number of aliphatic hydroxyl groups is 1. The lowest BCUT2D eigenvalue weighted by Crippen LogP contribution is -2.52. The molecule has 1 aromatic rings. The Hall–Kier alpha value is -2.84. The zero-order valence-electron chi connectivity index (χ0n) is 14.6. The van der Waals surface area contributed by atoms with Gasteiger partial charge in [-0.3, -0.25) is 29.4 Å². The molecule has 2 aliphatic heterocycles. The van der Waals surface area contributed by atoms with E-state index in [1.54, 1.807) is 17.0 Å². The van der Waals surface area contributed by atoms with Crippen LogP contribution in [0.15, 0.2) is 24.5 Å². The van der Waals surface area contributed by atoms with Gasteiger partial charge in [-0.05, 0) is 35.3 Å². The van der Waals surface area contributed by atoms with Crippen molar-refractivity contribution in [3.63, 3.8) is 0 Å². The first-order valence-electron chi connectivity index (χ1n) is 8.65. The van der Waals surface area contributed by atoms with E-state index in [4.69, 9.17) is 9.84 Å². The fourth-order valence-electron chi connectivity index (χ4n) is 3.50. The van der Waals surface area contributed by atoms with Crippen LogP contribution < -0.4 is 5.32 Å². The van der Waals surface area contributed by atoms with E-state index in [0.29, 0.717) is 18.5 Å². The van der Waals surface area contributed by atoms with Crippen LogP contribution in [0.25, 0.3) is 6.08 Å². The summed E-state index contributed by atoms with van der Waals surface area (Å²) in [5, 5.41) is 11.0. The SMILES string of the molecule is O=CC(=O)C1c2cc(/C=C/OCCO)ccc2CN1C1CCC(=O)NC1=O. The van der Waals surface area contributed by atoms with Gasteiger partial charge in [0.15, 0.2) is 6.29 Å². The molecule has 8 nitrogen and oxygen atoms in total. The van der Waals surface area contributed by atoms with Crippen molar-refractivity contribution in [3.05, 3.63) is 41.2 Å². The van der Waals surface area contributed by atoms with Gasteiger partial charge in [0, 0.05) is 13.0 Å². The highest BCUT2D eigenvalue weighted by molar-refractivity contribution is 6.27. The van der Waals surface area contributed by atoms with E-state index in [-0.39, 0.29) is 31.8 Å². The lowest BCUT2D eigenvalue weighted by molar-refractivity contribution is -0.141. The van der Waals surface area contributed by atoms with Gasteiger partial charge in [0.1, 0.15) is 12.6 Å². The average Bonchev–Trinajstić information content (AvgIpc) is 3.03. The Morgan fingerprint density at radius 3 is 2.89 bits per heavy atom. The molecule has 2 amide bonds. The number of hydrogen-bond donors (Lipinski definition) is 2. The normalized spacial score (nSPS) is 22.6. The zero-order valence-corrected chi connectivity index (χ0v) is 14.6. The molecule has 0 bridgehead atoms. The van der Waals surface area contributed by atoms with Gasteiger partial charge in [-0.2, -0.15) is 0 Å². The van der Waals surface area contributed by atoms with E-state index >= 15 is 0 Å². The van der Waals surface area contributed by atoms with Crippen LogP contribution in [0.1, 0.15) is 35.6 Å². The first-order chi connectivity index (χ1) is 13.0. The van der Waals surface area contributed by atoms with E-state index in [2.05, 4.69) is 5.32 Å². The summed E-state index contributed by atoms with van der Waals surface area (Å²) in [5.41, 5.74) is 2.29. The summed E-state index contributed by atoms with van der Waals surface area (Å²) in [7, 11) is 0. The molecule has 27 heavy (non-hydrogen) atoms. The molecule has 2 heterocycles. The Morgan fingerprint density at radius 1 is 1.37 bits per heavy atom. The molecule has 1 fully saturated rings. The number of aldehydes is 1. The molecule has 0 radical (unpaired) electrons. The number of nitrogens with zero attached hydrogens (tertiary/aromatic N) is 1. The third kappa shape index (κ3) is 3.96. The molecule has 3 rings (SSSR count). The lowest BCUT2D eigenvalue weighted by atomic mass is 9.97. The number of nitrogens with one attached hydrogen (secondary N) is 1. The zero-order chi connectivity index (χ0) is 19.4. The molecule has 142 valence electrons. The highest BCUT2D eigenvalue weighted by Gasteiger charge is 2.43. The number of carbonyl (C=O) groups excluding carboxylic acids is 4. The number of ether oxygens (including phenoxy) is 1. The standard InChI is InChI=1S/C19H20N2O6/c22-6-8-27-7-5-12-1-2-13-10-21(15-3-4-17(25)20-19(15)26)18(14(13)9-12)16(24)11-23/h1-2,5,7,9,11,15,18,22H,3-4,6,8,10H2,(H,20,25,26)/b7-5+. The molecule has 1 aromatic carbocycles. The first kappa shape index (κ1) is 18.9. The van der Waals surface area contributed by atoms with E-state index in [9.17, 15) is 19.2 Å². The highest BCUT2D eigenvalue weighted by Crippen LogP contribution is 2.38. The van der Waals surface area contributed by atoms with Gasteiger partial charge in [-0.1, -0.05) is 12.1 Å². The Balaban J connectivity index is 1.88. The number of hydrogen-bond acceptors (Lipinski definition) is 7. The Labute approximate surface area is 155 Å². The smallest absolute Gasteiger partial charge is 0.243 e. The maximum absolute atomic E-state index is 12.3. The van der Waals surface area contributed by atoms with Crippen molar-refractivity contribution in [2.24, 2.45) is 0 Å². The van der Waals surface area contributed by atoms with Gasteiger partial charge in [-0.25, -0.2) is 0 Å². The number of carbonyl (C=O) groups is 4. The first-order valence-corrected chi connectivity index (χ1v) is 8.65. The number of piperidine rings is 1. The summed E-state index contributed by atoms with van der Waals surface area (Å²) in [4.78, 5) is 48.9. The van der Waals surface area contributed by atoms with E-state index in [0.717, 1.165) is 11.1 Å². The number of imide groups is 1. The lowest BCUT2D eigenvalue weighted by Gasteiger charge is -2.32. The summed E-state index contributed by atoms with van der Waals surface area (Å²) in [5.74, 6) is -1.40. The third-order valence-corrected chi connectivity index (χ3v) is 4.71. The molecule has 0 aliphatic carbocycles. The number of fused-ring (bicyclic) bond motifs is 1. The van der Waals surface area contributed by atoms with E-state index < -0.39 is 23.8 Å². The molecule has 0 spiro atoms. The minimum Gasteiger partial charge on any atom is -0.499 e.